The van der Waals surface area contributed by atoms with E-state index in [0.717, 1.165) is 44.9 Å². The Labute approximate surface area is 99.9 Å². The third-order valence-electron chi connectivity index (χ3n) is 2.06. The van der Waals surface area contributed by atoms with Gasteiger partial charge in [-0.25, -0.2) is 5.32 Å². The maximum Gasteiger partial charge on any atom is 0.107 e. The summed E-state index contributed by atoms with van der Waals surface area (Å²) in [6.45, 7) is 8.37. The molecule has 92 valence electrons. The van der Waals surface area contributed by atoms with Crippen molar-refractivity contribution in [2.75, 3.05) is 46.8 Å². The van der Waals surface area contributed by atoms with Crippen molar-refractivity contribution in [2.45, 2.75) is 20.3 Å². The van der Waals surface area contributed by atoms with Crippen LogP contribution in [0.2, 0.25) is 0 Å². The highest BCUT2D eigenvalue weighted by molar-refractivity contribution is 6.31. The summed E-state index contributed by atoms with van der Waals surface area (Å²) in [6, 6.07) is 0. The second-order valence-corrected chi connectivity index (χ2v) is 3.64. The van der Waals surface area contributed by atoms with Gasteiger partial charge in [-0.15, -0.1) is 0 Å². The Kier molecular flexibility index (Phi) is 10.3. The summed E-state index contributed by atoms with van der Waals surface area (Å²) in [4.78, 5) is 10.7. The lowest BCUT2D eigenvalue weighted by Crippen LogP contribution is -2.29. The van der Waals surface area contributed by atoms with Crippen LogP contribution in [0.5, 0.6) is 0 Å². The lowest BCUT2D eigenvalue weighted by Gasteiger charge is -2.15. The second kappa shape index (κ2) is 10.8. The summed E-state index contributed by atoms with van der Waals surface area (Å²) in [5.41, 5.74) is 0.945. The molecule has 0 aliphatic heterocycles. The topological polar surface area (TPSA) is 42.1 Å². The van der Waals surface area contributed by atoms with Gasteiger partial charge >= 0.3 is 0 Å². The number of nitrogens with zero attached hydrogens (tertiary/aromatic N) is 4. The molecule has 0 bridgehead atoms. The minimum atomic E-state index is 0.765. The minimum absolute atomic E-state index is 0.765. The van der Waals surface area contributed by atoms with E-state index >= 15 is 0 Å². The molecule has 0 unspecified atom stereocenters. The molecule has 16 heavy (non-hydrogen) atoms. The Morgan fingerprint density at radius 3 is 2.56 bits per heavy atom. The van der Waals surface area contributed by atoms with Crippen molar-refractivity contribution in [1.82, 2.24) is 10.2 Å². The third kappa shape index (κ3) is 8.56. The molecule has 0 aliphatic rings. The summed E-state index contributed by atoms with van der Waals surface area (Å²) in [7, 11) is 3.94. The Bertz CT molecular complexity index is 211. The lowest BCUT2D eigenvalue weighted by molar-refractivity contribution is 0.372. The van der Waals surface area contributed by atoms with Crippen LogP contribution in [0.15, 0.2) is 9.98 Å². The van der Waals surface area contributed by atoms with Crippen LogP contribution in [0.25, 0.3) is 0 Å². The Hall–Kier alpha value is -0.740. The fraction of sp³-hybridized carbons (Fsp3) is 0.833. The molecule has 0 rings (SSSR count). The van der Waals surface area contributed by atoms with Gasteiger partial charge in [-0.05, 0) is 33.9 Å². The molecule has 4 heteroatoms. The first-order valence-electron chi connectivity index (χ1n) is 5.94. The number of hydrogen-bond acceptors (Lipinski definition) is 3. The van der Waals surface area contributed by atoms with Crippen LogP contribution in [0.3, 0.4) is 0 Å². The first-order chi connectivity index (χ1) is 7.74. The average Bonchev–Trinajstić information content (AvgIpc) is 2.26. The van der Waals surface area contributed by atoms with E-state index in [0.29, 0.717) is 0 Å². The van der Waals surface area contributed by atoms with E-state index < -0.39 is 0 Å². The van der Waals surface area contributed by atoms with Crippen molar-refractivity contribution >= 4 is 11.9 Å². The molecular weight excluding hydrogens is 200 g/mol. The van der Waals surface area contributed by atoms with Crippen molar-refractivity contribution in [1.29, 1.82) is 0 Å². The van der Waals surface area contributed by atoms with Gasteiger partial charge in [0.1, 0.15) is 6.21 Å². The van der Waals surface area contributed by atoms with Crippen LogP contribution in [-0.2, 0) is 0 Å². The molecule has 0 amide bonds. The Morgan fingerprint density at radius 1 is 1.25 bits per heavy atom. The minimum Gasteiger partial charge on any atom is -0.300 e. The summed E-state index contributed by atoms with van der Waals surface area (Å²) in [5, 5.41) is 4.08. The van der Waals surface area contributed by atoms with E-state index in [2.05, 4.69) is 33.5 Å². The van der Waals surface area contributed by atoms with Gasteiger partial charge in [0.15, 0.2) is 0 Å². The zero-order chi connectivity index (χ0) is 12.2. The highest BCUT2D eigenvalue weighted by Crippen LogP contribution is 1.89. The highest BCUT2D eigenvalue weighted by atomic mass is 15.1. The third-order valence-corrected chi connectivity index (χ3v) is 2.06. The van der Waals surface area contributed by atoms with Crippen LogP contribution < -0.4 is 5.32 Å². The van der Waals surface area contributed by atoms with Crippen LogP contribution in [0, 0.1) is 0 Å². The summed E-state index contributed by atoms with van der Waals surface area (Å²) in [6.07, 6.45) is 4.10. The average molecular weight is 224 g/mol. The van der Waals surface area contributed by atoms with E-state index in [4.69, 9.17) is 0 Å². The molecule has 0 aromatic heterocycles. The monoisotopic (exact) mass is 224 g/mol. The van der Waals surface area contributed by atoms with Gasteiger partial charge in [-0.3, -0.25) is 9.98 Å². The molecule has 0 heterocycles. The van der Waals surface area contributed by atoms with Crippen LogP contribution >= 0.6 is 0 Å². The van der Waals surface area contributed by atoms with Gasteiger partial charge < -0.3 is 4.90 Å². The maximum absolute atomic E-state index is 4.38. The van der Waals surface area contributed by atoms with Crippen molar-refractivity contribution < 1.29 is 0 Å². The van der Waals surface area contributed by atoms with Gasteiger partial charge in [0.2, 0.25) is 0 Å². The summed E-state index contributed by atoms with van der Waals surface area (Å²) >= 11 is 0. The van der Waals surface area contributed by atoms with E-state index in [1.807, 2.05) is 20.9 Å². The second-order valence-electron chi connectivity index (χ2n) is 3.64. The zero-order valence-corrected chi connectivity index (χ0v) is 11.0. The molecule has 0 spiro atoms. The molecular formula is C12H24N4. The van der Waals surface area contributed by atoms with Crippen molar-refractivity contribution in [2.24, 2.45) is 9.98 Å². The van der Waals surface area contributed by atoms with Gasteiger partial charge in [0.05, 0.1) is 5.71 Å². The Balaban J connectivity index is 3.98. The smallest absolute Gasteiger partial charge is 0.107 e. The largest absolute Gasteiger partial charge is 0.300 e. The predicted molar refractivity (Wildman–Crippen MR) is 71.0 cm³/mol. The van der Waals surface area contributed by atoms with Gasteiger partial charge in [-0.1, -0.05) is 0 Å². The lowest BCUT2D eigenvalue weighted by atomic mass is 10.3. The zero-order valence-electron chi connectivity index (χ0n) is 11.0. The van der Waals surface area contributed by atoms with Crippen molar-refractivity contribution in [3.05, 3.63) is 0 Å². The predicted octanol–water partition coefficient (Wildman–Crippen LogP) is 0.971. The van der Waals surface area contributed by atoms with Gasteiger partial charge in [-0.2, -0.15) is 0 Å². The Morgan fingerprint density at radius 2 is 2.00 bits per heavy atom. The van der Waals surface area contributed by atoms with E-state index in [1.54, 1.807) is 0 Å². The molecule has 4 nitrogen and oxygen atoms in total. The standard InChI is InChI=1S/C12H24N4/c1-5-14-10-12(15-6-2)11-16(4)9-7-8-13-3/h5-9,11H2,1-4H3. The molecule has 0 aromatic rings. The van der Waals surface area contributed by atoms with Crippen molar-refractivity contribution in [3.63, 3.8) is 0 Å². The summed E-state index contributed by atoms with van der Waals surface area (Å²) in [5.74, 6) is 0. The molecule has 0 saturated heterocycles. The molecule has 2 radical (unpaired) electrons. The first kappa shape index (κ1) is 15.3. The van der Waals surface area contributed by atoms with E-state index in [1.165, 1.54) is 0 Å². The van der Waals surface area contributed by atoms with Crippen LogP contribution in [-0.4, -0.2) is 63.6 Å². The quantitative estimate of drug-likeness (QED) is 0.425. The number of hydrogen-bond donors (Lipinski definition) is 0. The molecule has 0 aromatic carbocycles. The van der Waals surface area contributed by atoms with Crippen LogP contribution in [0.4, 0.5) is 0 Å². The first-order valence-corrected chi connectivity index (χ1v) is 5.94. The maximum atomic E-state index is 4.38. The molecule has 0 fully saturated rings. The molecule has 0 aliphatic carbocycles. The van der Waals surface area contributed by atoms with E-state index in [-0.39, 0.29) is 0 Å². The van der Waals surface area contributed by atoms with Gasteiger partial charge in [0.25, 0.3) is 0 Å². The number of aliphatic imine (C=N–C) groups is 2. The normalized spacial score (nSPS) is 12.9. The molecule has 0 saturated carbocycles. The molecule has 0 atom stereocenters. The fourth-order valence-corrected chi connectivity index (χ4v) is 1.32. The van der Waals surface area contributed by atoms with Gasteiger partial charge in [0, 0.05) is 33.2 Å². The summed E-state index contributed by atoms with van der Waals surface area (Å²) < 4.78 is 0. The fourth-order valence-electron chi connectivity index (χ4n) is 1.32. The molecule has 0 N–H and O–H groups in total. The number of rotatable bonds is 9. The van der Waals surface area contributed by atoms with E-state index in [9.17, 15) is 0 Å². The highest BCUT2D eigenvalue weighted by Gasteiger charge is 2.02. The van der Waals surface area contributed by atoms with Crippen LogP contribution in [0.1, 0.15) is 20.3 Å². The van der Waals surface area contributed by atoms with Crippen molar-refractivity contribution in [3.8, 4) is 0 Å². The SMILES string of the molecule is CCN=C(/[C]=N/CC)CN(C)CCC[N]C.